The number of benzene rings is 1. The molecule has 1 saturated heterocycles. The van der Waals surface area contributed by atoms with Crippen molar-refractivity contribution in [3.63, 3.8) is 0 Å². The largest absolute Gasteiger partial charge is 0.335 e. The third-order valence-electron chi connectivity index (χ3n) is 4.67. The Labute approximate surface area is 127 Å². The summed E-state index contributed by atoms with van der Waals surface area (Å²) in [4.78, 5) is 14.7. The molecule has 0 radical (unpaired) electrons. The lowest BCUT2D eigenvalue weighted by Crippen LogP contribution is -2.49. The van der Waals surface area contributed by atoms with Crippen LogP contribution in [0.15, 0.2) is 22.7 Å². The molecule has 1 aromatic rings. The van der Waals surface area contributed by atoms with Crippen molar-refractivity contribution in [3.8, 4) is 0 Å². The number of fused-ring (bicyclic) bond motifs is 1. The summed E-state index contributed by atoms with van der Waals surface area (Å²) in [5.41, 5.74) is 0.587. The van der Waals surface area contributed by atoms with Crippen molar-refractivity contribution in [1.29, 1.82) is 0 Å². The van der Waals surface area contributed by atoms with Crippen LogP contribution in [0.1, 0.15) is 48.9 Å². The van der Waals surface area contributed by atoms with Crippen molar-refractivity contribution in [3.05, 3.63) is 34.1 Å². The van der Waals surface area contributed by atoms with E-state index in [9.17, 15) is 9.18 Å². The molecule has 1 aliphatic heterocycles. The first kappa shape index (κ1) is 14.1. The lowest BCUT2D eigenvalue weighted by Gasteiger charge is -2.44. The second-order valence-electron chi connectivity index (χ2n) is 5.88. The van der Waals surface area contributed by atoms with Gasteiger partial charge in [0.15, 0.2) is 0 Å². The Kier molecular flexibility index (Phi) is 4.11. The second kappa shape index (κ2) is 5.84. The molecule has 1 heterocycles. The molecule has 2 fully saturated rings. The van der Waals surface area contributed by atoms with Crippen LogP contribution in [-0.4, -0.2) is 23.4 Å². The molecule has 1 amide bonds. The zero-order valence-electron chi connectivity index (χ0n) is 11.4. The van der Waals surface area contributed by atoms with Crippen LogP contribution < -0.4 is 0 Å². The van der Waals surface area contributed by atoms with Gasteiger partial charge in [-0.25, -0.2) is 4.39 Å². The lowest BCUT2D eigenvalue weighted by atomic mass is 9.78. The molecule has 2 nitrogen and oxygen atoms in total. The second-order valence-corrected chi connectivity index (χ2v) is 6.74. The molecular weight excluding hydrogens is 321 g/mol. The zero-order chi connectivity index (χ0) is 14.1. The molecule has 2 atom stereocenters. The Hall–Kier alpha value is -0.900. The van der Waals surface area contributed by atoms with Crippen LogP contribution in [0.25, 0.3) is 0 Å². The fourth-order valence-corrected chi connectivity index (χ4v) is 4.05. The van der Waals surface area contributed by atoms with Gasteiger partial charge in [0, 0.05) is 18.2 Å². The zero-order valence-corrected chi connectivity index (χ0v) is 13.0. The number of halogens is 2. The lowest BCUT2D eigenvalue weighted by molar-refractivity contribution is 0.0390. The number of rotatable bonds is 1. The van der Waals surface area contributed by atoms with Gasteiger partial charge in [-0.2, -0.15) is 0 Å². The third-order valence-corrected chi connectivity index (χ3v) is 5.28. The van der Waals surface area contributed by atoms with E-state index in [1.54, 1.807) is 12.1 Å². The number of amides is 1. The van der Waals surface area contributed by atoms with Gasteiger partial charge in [0.2, 0.25) is 0 Å². The number of carbonyl (C=O) groups is 1. The van der Waals surface area contributed by atoms with Crippen molar-refractivity contribution in [1.82, 2.24) is 4.90 Å². The third kappa shape index (κ3) is 2.62. The first-order chi connectivity index (χ1) is 9.66. The van der Waals surface area contributed by atoms with Crippen LogP contribution in [-0.2, 0) is 0 Å². The maximum atomic E-state index is 13.3. The summed E-state index contributed by atoms with van der Waals surface area (Å²) >= 11 is 3.16. The highest BCUT2D eigenvalue weighted by atomic mass is 79.9. The molecule has 4 heteroatoms. The average molecular weight is 340 g/mol. The van der Waals surface area contributed by atoms with Gasteiger partial charge >= 0.3 is 0 Å². The van der Waals surface area contributed by atoms with E-state index in [0.29, 0.717) is 22.0 Å². The van der Waals surface area contributed by atoms with E-state index in [2.05, 4.69) is 15.9 Å². The Balaban J connectivity index is 1.83. The summed E-state index contributed by atoms with van der Waals surface area (Å²) in [7, 11) is 0. The van der Waals surface area contributed by atoms with Crippen LogP contribution in [0.4, 0.5) is 4.39 Å². The molecular formula is C16H19BrFNO. The van der Waals surface area contributed by atoms with Gasteiger partial charge in [-0.05, 0) is 65.7 Å². The smallest absolute Gasteiger partial charge is 0.254 e. The minimum atomic E-state index is -0.323. The first-order valence-corrected chi connectivity index (χ1v) is 8.22. The summed E-state index contributed by atoms with van der Waals surface area (Å²) in [6, 6.07) is 4.95. The van der Waals surface area contributed by atoms with E-state index in [-0.39, 0.29) is 11.7 Å². The van der Waals surface area contributed by atoms with E-state index in [0.717, 1.165) is 19.4 Å². The van der Waals surface area contributed by atoms with Crippen LogP contribution in [0.3, 0.4) is 0 Å². The summed E-state index contributed by atoms with van der Waals surface area (Å²) in [6.07, 6.45) is 7.24. The highest BCUT2D eigenvalue weighted by Crippen LogP contribution is 2.36. The fraction of sp³-hybridized carbons (Fsp3) is 0.562. The first-order valence-electron chi connectivity index (χ1n) is 7.43. The SMILES string of the molecule is O=C(c1ccc(F)c(Br)c1)N1CCCC2CCCCC21. The number of carbonyl (C=O) groups excluding carboxylic acids is 1. The molecule has 0 spiro atoms. The Morgan fingerprint density at radius 2 is 1.95 bits per heavy atom. The Bertz CT molecular complexity index is 517. The molecule has 108 valence electrons. The maximum absolute atomic E-state index is 13.3. The van der Waals surface area contributed by atoms with Gasteiger partial charge in [0.05, 0.1) is 4.47 Å². The van der Waals surface area contributed by atoms with Crippen LogP contribution in [0.5, 0.6) is 0 Å². The Morgan fingerprint density at radius 3 is 2.75 bits per heavy atom. The maximum Gasteiger partial charge on any atom is 0.254 e. The molecule has 0 aromatic heterocycles. The van der Waals surface area contributed by atoms with Crippen LogP contribution >= 0.6 is 15.9 Å². The predicted octanol–water partition coefficient (Wildman–Crippen LogP) is 4.38. The summed E-state index contributed by atoms with van der Waals surface area (Å²) < 4.78 is 13.7. The van der Waals surface area contributed by atoms with Crippen LogP contribution in [0, 0.1) is 11.7 Å². The van der Waals surface area contributed by atoms with Gasteiger partial charge in [0.1, 0.15) is 5.82 Å². The predicted molar refractivity (Wildman–Crippen MR) is 80.1 cm³/mol. The van der Waals surface area contributed by atoms with E-state index in [1.165, 1.54) is 31.7 Å². The number of hydrogen-bond donors (Lipinski definition) is 0. The number of hydrogen-bond acceptors (Lipinski definition) is 1. The van der Waals surface area contributed by atoms with Gasteiger partial charge in [0.25, 0.3) is 5.91 Å². The number of likely N-dealkylation sites (tertiary alicyclic amines) is 1. The molecule has 1 aliphatic carbocycles. The highest BCUT2D eigenvalue weighted by molar-refractivity contribution is 9.10. The van der Waals surface area contributed by atoms with Crippen molar-refractivity contribution in [2.75, 3.05) is 6.54 Å². The van der Waals surface area contributed by atoms with E-state index in [4.69, 9.17) is 0 Å². The molecule has 2 unspecified atom stereocenters. The fourth-order valence-electron chi connectivity index (χ4n) is 3.67. The standard InChI is InChI=1S/C16H19BrFNO/c17-13-10-12(7-8-14(13)18)16(20)19-9-3-5-11-4-1-2-6-15(11)19/h7-8,10-11,15H,1-6,9H2. The monoisotopic (exact) mass is 339 g/mol. The van der Waals surface area contributed by atoms with Gasteiger partial charge < -0.3 is 4.90 Å². The minimum Gasteiger partial charge on any atom is -0.335 e. The van der Waals surface area contributed by atoms with E-state index >= 15 is 0 Å². The molecule has 1 saturated carbocycles. The van der Waals surface area contributed by atoms with Crippen molar-refractivity contribution >= 4 is 21.8 Å². The molecule has 2 aliphatic rings. The molecule has 0 bridgehead atoms. The average Bonchev–Trinajstić information content (AvgIpc) is 2.49. The molecule has 20 heavy (non-hydrogen) atoms. The number of nitrogens with zero attached hydrogens (tertiary/aromatic N) is 1. The van der Waals surface area contributed by atoms with E-state index < -0.39 is 0 Å². The van der Waals surface area contributed by atoms with Gasteiger partial charge in [-0.3, -0.25) is 4.79 Å². The van der Waals surface area contributed by atoms with Gasteiger partial charge in [-0.1, -0.05) is 12.8 Å². The van der Waals surface area contributed by atoms with E-state index in [1.807, 2.05) is 4.90 Å². The molecule has 3 rings (SSSR count). The Morgan fingerprint density at radius 1 is 1.20 bits per heavy atom. The topological polar surface area (TPSA) is 20.3 Å². The minimum absolute atomic E-state index is 0.0577. The summed E-state index contributed by atoms with van der Waals surface area (Å²) in [5.74, 6) is 0.406. The van der Waals surface area contributed by atoms with Crippen molar-refractivity contribution < 1.29 is 9.18 Å². The van der Waals surface area contributed by atoms with Gasteiger partial charge in [-0.15, -0.1) is 0 Å². The molecule has 0 N–H and O–H groups in total. The normalized spacial score (nSPS) is 26.2. The quantitative estimate of drug-likeness (QED) is 0.743. The van der Waals surface area contributed by atoms with Crippen molar-refractivity contribution in [2.24, 2.45) is 5.92 Å². The summed E-state index contributed by atoms with van der Waals surface area (Å²) in [5, 5.41) is 0. The molecule has 1 aromatic carbocycles. The highest BCUT2D eigenvalue weighted by Gasteiger charge is 2.35. The van der Waals surface area contributed by atoms with Crippen molar-refractivity contribution in [2.45, 2.75) is 44.6 Å². The summed E-state index contributed by atoms with van der Waals surface area (Å²) in [6.45, 7) is 0.842. The van der Waals surface area contributed by atoms with Crippen LogP contribution in [0.2, 0.25) is 0 Å². The number of piperidine rings is 1.